The van der Waals surface area contributed by atoms with Crippen LogP contribution in [0.4, 0.5) is 4.39 Å². The molecule has 0 saturated heterocycles. The van der Waals surface area contributed by atoms with Crippen LogP contribution in [-0.2, 0) is 0 Å². The molecule has 2 rings (SSSR count). The predicted octanol–water partition coefficient (Wildman–Crippen LogP) is 2.64. The number of benzene rings is 1. The van der Waals surface area contributed by atoms with Gasteiger partial charge in [0.15, 0.2) is 0 Å². The molecule has 0 bridgehead atoms. The molecule has 18 heavy (non-hydrogen) atoms. The normalized spacial score (nSPS) is 23.1. The number of nitrogens with zero attached hydrogens (tertiary/aromatic N) is 1. The topological polar surface area (TPSA) is 52.9 Å². The molecule has 3 nitrogen and oxygen atoms in total. The first kappa shape index (κ1) is 12.6. The second-order valence-electron chi connectivity index (χ2n) is 4.66. The molecule has 1 amide bonds. The minimum atomic E-state index is -0.407. The molecule has 0 atom stereocenters. The zero-order valence-corrected chi connectivity index (χ0v) is 10.0. The van der Waals surface area contributed by atoms with E-state index >= 15 is 0 Å². The van der Waals surface area contributed by atoms with Crippen molar-refractivity contribution in [1.29, 1.82) is 5.26 Å². The maximum atomic E-state index is 13.0. The first-order valence-electron chi connectivity index (χ1n) is 6.15. The number of halogens is 1. The molecule has 0 aliphatic heterocycles. The fraction of sp³-hybridized carbons (Fsp3) is 0.429. The maximum Gasteiger partial charge on any atom is 0.251 e. The molecule has 0 heterocycles. The molecular weight excluding hydrogens is 231 g/mol. The number of hydrogen-bond acceptors (Lipinski definition) is 2. The van der Waals surface area contributed by atoms with E-state index in [0.29, 0.717) is 5.56 Å². The van der Waals surface area contributed by atoms with Gasteiger partial charge < -0.3 is 5.32 Å². The summed E-state index contributed by atoms with van der Waals surface area (Å²) in [4.78, 5) is 11.9. The average molecular weight is 246 g/mol. The van der Waals surface area contributed by atoms with Crippen molar-refractivity contribution in [2.45, 2.75) is 31.7 Å². The number of nitriles is 1. The first-order chi connectivity index (χ1) is 8.69. The van der Waals surface area contributed by atoms with Gasteiger partial charge in [-0.3, -0.25) is 4.79 Å². The lowest BCUT2D eigenvalue weighted by atomic mass is 9.87. The van der Waals surface area contributed by atoms with E-state index < -0.39 is 5.82 Å². The number of rotatable bonds is 2. The lowest BCUT2D eigenvalue weighted by Crippen LogP contribution is -2.37. The first-order valence-corrected chi connectivity index (χ1v) is 6.15. The zero-order valence-electron chi connectivity index (χ0n) is 10.0. The van der Waals surface area contributed by atoms with Gasteiger partial charge in [0.05, 0.1) is 6.07 Å². The molecule has 1 aromatic rings. The molecule has 0 radical (unpaired) electrons. The zero-order chi connectivity index (χ0) is 13.0. The summed E-state index contributed by atoms with van der Waals surface area (Å²) in [5, 5.41) is 11.7. The Kier molecular flexibility index (Phi) is 3.93. The highest BCUT2D eigenvalue weighted by Crippen LogP contribution is 2.23. The van der Waals surface area contributed by atoms with Crippen LogP contribution in [0.25, 0.3) is 0 Å². The summed E-state index contributed by atoms with van der Waals surface area (Å²) >= 11 is 0. The van der Waals surface area contributed by atoms with E-state index in [1.807, 2.05) is 0 Å². The summed E-state index contributed by atoms with van der Waals surface area (Å²) in [5.41, 5.74) is 0.345. The Morgan fingerprint density at radius 1 is 1.33 bits per heavy atom. The van der Waals surface area contributed by atoms with E-state index in [4.69, 9.17) is 5.26 Å². The van der Waals surface area contributed by atoms with Gasteiger partial charge in [-0.2, -0.15) is 5.26 Å². The van der Waals surface area contributed by atoms with Gasteiger partial charge in [-0.1, -0.05) is 6.07 Å². The van der Waals surface area contributed by atoms with E-state index in [9.17, 15) is 9.18 Å². The number of carbonyl (C=O) groups is 1. The Balaban J connectivity index is 1.91. The van der Waals surface area contributed by atoms with Gasteiger partial charge in [0.2, 0.25) is 0 Å². The summed E-state index contributed by atoms with van der Waals surface area (Å²) in [6.07, 6.45) is 3.29. The predicted molar refractivity (Wildman–Crippen MR) is 65.2 cm³/mol. The molecule has 1 aromatic carbocycles. The summed E-state index contributed by atoms with van der Waals surface area (Å²) < 4.78 is 13.0. The number of hydrogen-bond donors (Lipinski definition) is 1. The summed E-state index contributed by atoms with van der Waals surface area (Å²) in [7, 11) is 0. The van der Waals surface area contributed by atoms with Gasteiger partial charge in [0, 0.05) is 17.5 Å². The largest absolute Gasteiger partial charge is 0.349 e. The number of amides is 1. The van der Waals surface area contributed by atoms with Crippen molar-refractivity contribution in [2.75, 3.05) is 0 Å². The van der Waals surface area contributed by atoms with Crippen molar-refractivity contribution >= 4 is 5.91 Å². The molecule has 0 unspecified atom stereocenters. The van der Waals surface area contributed by atoms with Crippen LogP contribution in [-0.4, -0.2) is 11.9 Å². The van der Waals surface area contributed by atoms with Crippen molar-refractivity contribution in [3.8, 4) is 6.07 Å². The van der Waals surface area contributed by atoms with Gasteiger partial charge in [0.25, 0.3) is 5.91 Å². The van der Waals surface area contributed by atoms with Crippen LogP contribution in [0.1, 0.15) is 36.0 Å². The highest BCUT2D eigenvalue weighted by Gasteiger charge is 2.22. The minimum absolute atomic E-state index is 0.102. The van der Waals surface area contributed by atoms with Crippen LogP contribution < -0.4 is 5.32 Å². The van der Waals surface area contributed by atoms with Gasteiger partial charge in [0.1, 0.15) is 5.82 Å². The fourth-order valence-electron chi connectivity index (χ4n) is 2.27. The third-order valence-corrected chi connectivity index (χ3v) is 3.33. The lowest BCUT2D eigenvalue weighted by Gasteiger charge is -2.25. The average Bonchev–Trinajstić information content (AvgIpc) is 2.39. The van der Waals surface area contributed by atoms with E-state index in [1.54, 1.807) is 6.07 Å². The van der Waals surface area contributed by atoms with Gasteiger partial charge in [-0.05, 0) is 43.9 Å². The summed E-state index contributed by atoms with van der Waals surface area (Å²) in [5.74, 6) is -0.530. The van der Waals surface area contributed by atoms with E-state index in [1.165, 1.54) is 18.2 Å². The van der Waals surface area contributed by atoms with Crippen molar-refractivity contribution in [2.24, 2.45) is 5.92 Å². The quantitative estimate of drug-likeness (QED) is 0.872. The summed E-state index contributed by atoms with van der Waals surface area (Å²) in [6.45, 7) is 0. The summed E-state index contributed by atoms with van der Waals surface area (Å²) in [6, 6.07) is 8.02. The van der Waals surface area contributed by atoms with E-state index in [2.05, 4.69) is 11.4 Å². The second kappa shape index (κ2) is 5.63. The number of carbonyl (C=O) groups excluding carboxylic acids is 1. The van der Waals surface area contributed by atoms with Crippen LogP contribution in [0.2, 0.25) is 0 Å². The number of nitrogens with one attached hydrogen (secondary N) is 1. The lowest BCUT2D eigenvalue weighted by molar-refractivity contribution is 0.0924. The SMILES string of the molecule is N#CC1CCC(NC(=O)c2cccc(F)c2)CC1. The Morgan fingerprint density at radius 2 is 2.06 bits per heavy atom. The smallest absolute Gasteiger partial charge is 0.251 e. The van der Waals surface area contributed by atoms with Crippen LogP contribution in [0.5, 0.6) is 0 Å². The molecule has 0 aromatic heterocycles. The molecular formula is C14H15FN2O. The van der Waals surface area contributed by atoms with Crippen LogP contribution in [0.3, 0.4) is 0 Å². The van der Waals surface area contributed by atoms with Crippen LogP contribution >= 0.6 is 0 Å². The maximum absolute atomic E-state index is 13.0. The van der Waals surface area contributed by atoms with E-state index in [0.717, 1.165) is 25.7 Å². The molecule has 1 N–H and O–H groups in total. The Labute approximate surface area is 106 Å². The van der Waals surface area contributed by atoms with Crippen LogP contribution in [0, 0.1) is 23.1 Å². The van der Waals surface area contributed by atoms with Crippen molar-refractivity contribution in [3.63, 3.8) is 0 Å². The molecule has 0 spiro atoms. The standard InChI is InChI=1S/C14H15FN2O/c15-12-3-1-2-11(8-12)14(18)17-13-6-4-10(9-16)5-7-13/h1-3,8,10,13H,4-7H2,(H,17,18). The third kappa shape index (κ3) is 3.07. The van der Waals surface area contributed by atoms with Gasteiger partial charge >= 0.3 is 0 Å². The Morgan fingerprint density at radius 3 is 2.67 bits per heavy atom. The van der Waals surface area contributed by atoms with Gasteiger partial charge in [-0.25, -0.2) is 4.39 Å². The minimum Gasteiger partial charge on any atom is -0.349 e. The monoisotopic (exact) mass is 246 g/mol. The molecule has 1 aliphatic carbocycles. The molecule has 1 aliphatic rings. The molecule has 1 fully saturated rings. The molecule has 94 valence electrons. The van der Waals surface area contributed by atoms with Crippen LogP contribution in [0.15, 0.2) is 24.3 Å². The van der Waals surface area contributed by atoms with Crippen molar-refractivity contribution < 1.29 is 9.18 Å². The van der Waals surface area contributed by atoms with Crippen molar-refractivity contribution in [1.82, 2.24) is 5.32 Å². The van der Waals surface area contributed by atoms with Gasteiger partial charge in [-0.15, -0.1) is 0 Å². The second-order valence-corrected chi connectivity index (χ2v) is 4.66. The third-order valence-electron chi connectivity index (χ3n) is 3.33. The Hall–Kier alpha value is -1.89. The molecule has 1 saturated carbocycles. The highest BCUT2D eigenvalue weighted by molar-refractivity contribution is 5.94. The van der Waals surface area contributed by atoms with Crippen molar-refractivity contribution in [3.05, 3.63) is 35.6 Å². The van der Waals surface area contributed by atoms with E-state index in [-0.39, 0.29) is 17.9 Å². The fourth-order valence-corrected chi connectivity index (χ4v) is 2.27. The Bertz CT molecular complexity index is 473. The highest BCUT2D eigenvalue weighted by atomic mass is 19.1. The molecule has 4 heteroatoms.